The number of hydrogen-bond acceptors (Lipinski definition) is 3. The van der Waals surface area contributed by atoms with E-state index in [1.165, 1.54) is 5.56 Å². The lowest BCUT2D eigenvalue weighted by Crippen LogP contribution is -2.43. The van der Waals surface area contributed by atoms with Crippen molar-refractivity contribution < 1.29 is 14.4 Å². The van der Waals surface area contributed by atoms with Crippen molar-refractivity contribution in [3.8, 4) is 0 Å². The highest BCUT2D eigenvalue weighted by Gasteiger charge is 2.49. The van der Waals surface area contributed by atoms with Gasteiger partial charge in [0, 0.05) is 0 Å². The van der Waals surface area contributed by atoms with Crippen LogP contribution in [0.4, 0.5) is 4.79 Å². The Labute approximate surface area is 184 Å². The van der Waals surface area contributed by atoms with Crippen LogP contribution in [0.1, 0.15) is 56.0 Å². The van der Waals surface area contributed by atoms with Crippen molar-refractivity contribution in [2.75, 3.05) is 6.54 Å². The molecule has 0 aromatic heterocycles. The number of carbonyl (C=O) groups excluding carboxylic acids is 3. The average molecular weight is 422 g/mol. The summed E-state index contributed by atoms with van der Waals surface area (Å²) in [6.45, 7) is 9.54. The number of hydrogen-bond donors (Lipinski definition) is 2. The molecule has 2 aromatic carbocycles. The third-order valence-electron chi connectivity index (χ3n) is 5.71. The van der Waals surface area contributed by atoms with Crippen molar-refractivity contribution in [1.82, 2.24) is 15.5 Å². The van der Waals surface area contributed by atoms with E-state index in [-0.39, 0.29) is 18.5 Å². The first-order valence-corrected chi connectivity index (χ1v) is 10.7. The monoisotopic (exact) mass is 421 g/mol. The molecule has 1 aliphatic rings. The third-order valence-corrected chi connectivity index (χ3v) is 5.71. The summed E-state index contributed by atoms with van der Waals surface area (Å²) in [5.74, 6) is -0.227. The Morgan fingerprint density at radius 2 is 1.65 bits per heavy atom. The Balaban J connectivity index is 1.64. The van der Waals surface area contributed by atoms with Gasteiger partial charge in [0.15, 0.2) is 0 Å². The minimum atomic E-state index is -1.18. The predicted molar refractivity (Wildman–Crippen MR) is 120 cm³/mol. The van der Waals surface area contributed by atoms with E-state index >= 15 is 0 Å². The smallest absolute Gasteiger partial charge is 0.325 e. The fourth-order valence-corrected chi connectivity index (χ4v) is 3.85. The lowest BCUT2D eigenvalue weighted by Gasteiger charge is -2.22. The zero-order valence-corrected chi connectivity index (χ0v) is 18.9. The van der Waals surface area contributed by atoms with E-state index in [2.05, 4.69) is 36.6 Å². The molecule has 2 N–H and O–H groups in total. The summed E-state index contributed by atoms with van der Waals surface area (Å²) in [4.78, 5) is 39.0. The van der Waals surface area contributed by atoms with Crippen LogP contribution in [-0.2, 0) is 21.5 Å². The summed E-state index contributed by atoms with van der Waals surface area (Å²) < 4.78 is 0. The number of amides is 4. The highest BCUT2D eigenvalue weighted by atomic mass is 16.2. The highest BCUT2D eigenvalue weighted by molar-refractivity contribution is 6.09. The van der Waals surface area contributed by atoms with Crippen LogP contribution in [0.25, 0.3) is 0 Å². The first-order chi connectivity index (χ1) is 14.6. The molecule has 6 nitrogen and oxygen atoms in total. The number of imide groups is 1. The molecular formula is C25H31N3O3. The Hall–Kier alpha value is -3.15. The second kappa shape index (κ2) is 8.92. The summed E-state index contributed by atoms with van der Waals surface area (Å²) in [5, 5.41) is 5.62. The van der Waals surface area contributed by atoms with Crippen LogP contribution in [0, 0.1) is 12.8 Å². The molecular weight excluding hydrogens is 390 g/mol. The number of carbonyl (C=O) groups is 3. The van der Waals surface area contributed by atoms with Gasteiger partial charge in [0.25, 0.3) is 5.91 Å². The van der Waals surface area contributed by atoms with E-state index in [0.717, 1.165) is 22.4 Å². The predicted octanol–water partition coefficient (Wildman–Crippen LogP) is 3.84. The molecule has 1 fully saturated rings. The van der Waals surface area contributed by atoms with Gasteiger partial charge in [-0.1, -0.05) is 67.9 Å². The van der Waals surface area contributed by atoms with Crippen LogP contribution in [0.5, 0.6) is 0 Å². The molecule has 1 saturated heterocycles. The van der Waals surface area contributed by atoms with Gasteiger partial charge in [0.2, 0.25) is 5.91 Å². The Bertz CT molecular complexity index is 967. The molecule has 0 unspecified atom stereocenters. The first-order valence-electron chi connectivity index (χ1n) is 10.7. The van der Waals surface area contributed by atoms with Gasteiger partial charge in [-0.2, -0.15) is 0 Å². The highest BCUT2D eigenvalue weighted by Crippen LogP contribution is 2.29. The molecule has 4 amide bonds. The molecule has 2 atom stereocenters. The number of urea groups is 1. The van der Waals surface area contributed by atoms with E-state index < -0.39 is 17.5 Å². The van der Waals surface area contributed by atoms with Gasteiger partial charge in [0.05, 0.1) is 6.04 Å². The minimum Gasteiger partial charge on any atom is -0.348 e. The molecule has 0 bridgehead atoms. The van der Waals surface area contributed by atoms with Crippen molar-refractivity contribution in [3.05, 3.63) is 70.8 Å². The van der Waals surface area contributed by atoms with Crippen LogP contribution >= 0.6 is 0 Å². The quantitative estimate of drug-likeness (QED) is 0.667. The number of rotatable bonds is 7. The van der Waals surface area contributed by atoms with Gasteiger partial charge in [0.1, 0.15) is 12.1 Å². The summed E-state index contributed by atoms with van der Waals surface area (Å²) in [7, 11) is 0. The number of nitrogens with one attached hydrogen (secondary N) is 2. The molecule has 2 aromatic rings. The van der Waals surface area contributed by atoms with Crippen LogP contribution in [-0.4, -0.2) is 29.3 Å². The maximum atomic E-state index is 13.0. The van der Waals surface area contributed by atoms with Gasteiger partial charge in [-0.3, -0.25) is 14.5 Å². The van der Waals surface area contributed by atoms with Gasteiger partial charge in [-0.25, -0.2) is 4.79 Å². The number of nitrogens with zero attached hydrogens (tertiary/aromatic N) is 1. The van der Waals surface area contributed by atoms with Crippen molar-refractivity contribution in [2.45, 2.75) is 52.6 Å². The van der Waals surface area contributed by atoms with Gasteiger partial charge >= 0.3 is 6.03 Å². The van der Waals surface area contributed by atoms with E-state index in [1.54, 1.807) is 6.92 Å². The third kappa shape index (κ3) is 4.95. The van der Waals surface area contributed by atoms with Crippen molar-refractivity contribution >= 4 is 17.8 Å². The minimum absolute atomic E-state index is 0.232. The van der Waals surface area contributed by atoms with Crippen LogP contribution in [0.2, 0.25) is 0 Å². The summed E-state index contributed by atoms with van der Waals surface area (Å²) in [6, 6.07) is 14.8. The van der Waals surface area contributed by atoms with Crippen LogP contribution in [0.15, 0.2) is 48.5 Å². The first kappa shape index (κ1) is 22.5. The van der Waals surface area contributed by atoms with Gasteiger partial charge < -0.3 is 10.6 Å². The van der Waals surface area contributed by atoms with Crippen molar-refractivity contribution in [3.63, 3.8) is 0 Å². The van der Waals surface area contributed by atoms with Gasteiger partial charge in [-0.15, -0.1) is 0 Å². The summed E-state index contributed by atoms with van der Waals surface area (Å²) >= 11 is 0. The van der Waals surface area contributed by atoms with Crippen molar-refractivity contribution in [1.29, 1.82) is 0 Å². The molecule has 0 aliphatic carbocycles. The lowest BCUT2D eigenvalue weighted by atomic mass is 9.91. The SMILES string of the molecule is Cc1ccc([C@@]2(C)NC(=O)N(CC(=O)N[C@@H](C)c3ccc(CC(C)C)cc3)C2=O)cc1. The van der Waals surface area contributed by atoms with E-state index in [4.69, 9.17) is 0 Å². The summed E-state index contributed by atoms with van der Waals surface area (Å²) in [6.07, 6.45) is 1.01. The van der Waals surface area contributed by atoms with E-state index in [0.29, 0.717) is 11.5 Å². The Morgan fingerprint density at radius 3 is 2.23 bits per heavy atom. The molecule has 1 heterocycles. The second-order valence-corrected chi connectivity index (χ2v) is 8.94. The molecule has 164 valence electrons. The molecule has 31 heavy (non-hydrogen) atoms. The topological polar surface area (TPSA) is 78.5 Å². The van der Waals surface area contributed by atoms with Crippen molar-refractivity contribution in [2.24, 2.45) is 5.92 Å². The molecule has 0 spiro atoms. The largest absolute Gasteiger partial charge is 0.348 e. The standard InChI is InChI=1S/C25H31N3O3/c1-16(2)14-19-8-10-20(11-9-19)18(4)26-22(29)15-28-23(30)25(5,27-24(28)31)21-12-6-17(3)7-13-21/h6-13,16,18H,14-15H2,1-5H3,(H,26,29)(H,27,31)/t18-,25+/m0/s1. The zero-order valence-electron chi connectivity index (χ0n) is 18.9. The molecule has 1 aliphatic heterocycles. The Kier molecular flexibility index (Phi) is 6.48. The summed E-state index contributed by atoms with van der Waals surface area (Å²) in [5.41, 5.74) is 2.80. The zero-order chi connectivity index (χ0) is 22.8. The Morgan fingerprint density at radius 1 is 1.03 bits per heavy atom. The fraction of sp³-hybridized carbons (Fsp3) is 0.400. The number of benzene rings is 2. The normalized spacial score (nSPS) is 19.5. The van der Waals surface area contributed by atoms with E-state index in [1.807, 2.05) is 50.2 Å². The van der Waals surface area contributed by atoms with Crippen LogP contribution < -0.4 is 10.6 Å². The molecule has 3 rings (SSSR count). The van der Waals surface area contributed by atoms with Crippen LogP contribution in [0.3, 0.4) is 0 Å². The molecule has 0 saturated carbocycles. The maximum absolute atomic E-state index is 13.0. The van der Waals surface area contributed by atoms with Gasteiger partial charge in [-0.05, 0) is 49.8 Å². The maximum Gasteiger partial charge on any atom is 0.325 e. The van der Waals surface area contributed by atoms with E-state index in [9.17, 15) is 14.4 Å². The number of aryl methyl sites for hydroxylation is 1. The molecule has 0 radical (unpaired) electrons. The fourth-order valence-electron chi connectivity index (χ4n) is 3.85. The lowest BCUT2D eigenvalue weighted by molar-refractivity contribution is -0.135. The average Bonchev–Trinajstić information content (AvgIpc) is 2.92. The molecule has 6 heteroatoms. The second-order valence-electron chi connectivity index (χ2n) is 8.94.